The molecule has 0 heterocycles. The van der Waals surface area contributed by atoms with E-state index in [1.807, 2.05) is 13.8 Å². The highest BCUT2D eigenvalue weighted by atomic mass is 32.3. The molecule has 4 rings (SSSR count). The fourth-order valence-corrected chi connectivity index (χ4v) is 10.1. The summed E-state index contributed by atoms with van der Waals surface area (Å²) >= 11 is 0. The van der Waals surface area contributed by atoms with E-state index in [1.165, 1.54) is 32.1 Å². The van der Waals surface area contributed by atoms with Gasteiger partial charge < -0.3 is 10.8 Å². The van der Waals surface area contributed by atoms with E-state index in [2.05, 4.69) is 20.8 Å². The monoisotopic (exact) mass is 499 g/mol. The lowest BCUT2D eigenvalue weighted by molar-refractivity contribution is -0.166. The third kappa shape index (κ3) is 4.85. The van der Waals surface area contributed by atoms with E-state index in [0.717, 1.165) is 25.7 Å². The Kier molecular flexibility index (Phi) is 7.57. The van der Waals surface area contributed by atoms with E-state index in [0.29, 0.717) is 53.4 Å². The third-order valence-corrected chi connectivity index (χ3v) is 11.9. The highest BCUT2D eigenvalue weighted by molar-refractivity contribution is 7.80. The first-order chi connectivity index (χ1) is 15.8. The van der Waals surface area contributed by atoms with Gasteiger partial charge in [0.25, 0.3) is 0 Å². The van der Waals surface area contributed by atoms with Gasteiger partial charge in [0.2, 0.25) is 0 Å². The molecule has 11 atom stereocenters. The minimum atomic E-state index is -4.44. The van der Waals surface area contributed by atoms with E-state index in [-0.39, 0.29) is 17.4 Å². The quantitative estimate of drug-likeness (QED) is 0.415. The number of rotatable bonds is 7. The molecular weight excluding hydrogens is 450 g/mol. The largest absolute Gasteiger partial charge is 0.397 e. The zero-order valence-electron chi connectivity index (χ0n) is 21.9. The smallest absolute Gasteiger partial charge is 0.393 e. The zero-order valence-corrected chi connectivity index (χ0v) is 22.8. The van der Waals surface area contributed by atoms with Crippen molar-refractivity contribution in [1.29, 1.82) is 0 Å². The Morgan fingerprint density at radius 2 is 1.62 bits per heavy atom. The first kappa shape index (κ1) is 26.8. The number of aliphatic hydroxyl groups excluding tert-OH is 1. The van der Waals surface area contributed by atoms with Crippen molar-refractivity contribution in [3.63, 3.8) is 0 Å². The topological polar surface area (TPSA) is 110 Å². The van der Waals surface area contributed by atoms with E-state index >= 15 is 0 Å². The number of nitrogens with two attached hydrogens (primary N) is 1. The molecule has 34 heavy (non-hydrogen) atoms. The molecule has 0 bridgehead atoms. The Labute approximate surface area is 207 Å². The van der Waals surface area contributed by atoms with Crippen LogP contribution in [0.5, 0.6) is 0 Å². The van der Waals surface area contributed by atoms with Crippen LogP contribution in [0.25, 0.3) is 0 Å². The second-order valence-corrected chi connectivity index (χ2v) is 14.5. The number of aliphatic hydroxyl groups is 1. The van der Waals surface area contributed by atoms with Crippen LogP contribution in [0.3, 0.4) is 0 Å². The van der Waals surface area contributed by atoms with Crippen LogP contribution in [0.4, 0.5) is 0 Å². The van der Waals surface area contributed by atoms with E-state index < -0.39 is 16.5 Å². The van der Waals surface area contributed by atoms with Gasteiger partial charge in [0.1, 0.15) is 0 Å². The minimum absolute atomic E-state index is 0.0196. The molecule has 0 aromatic rings. The molecule has 0 radical (unpaired) electrons. The van der Waals surface area contributed by atoms with Crippen molar-refractivity contribution in [3.8, 4) is 0 Å². The van der Waals surface area contributed by atoms with Crippen LogP contribution in [-0.2, 0) is 14.6 Å². The number of hydrogen-bond acceptors (Lipinski definition) is 5. The molecule has 0 aromatic heterocycles. The molecule has 6 nitrogen and oxygen atoms in total. The molecule has 4 unspecified atom stereocenters. The number of hydrogen-bond donors (Lipinski definition) is 3. The van der Waals surface area contributed by atoms with Crippen LogP contribution < -0.4 is 5.73 Å². The summed E-state index contributed by atoms with van der Waals surface area (Å²) in [7, 11) is -4.44. The van der Waals surface area contributed by atoms with Crippen LogP contribution in [-0.4, -0.2) is 36.3 Å². The SMILES string of the molecule is CC(CC[C@@H](OS(=O)(=O)O)C(C)C)[C@H]1CCC2C3C(CC[C@@]21C)[C@@]1(C)CC[C@H](N)C[C@@H]1C[C@H]3O. The summed E-state index contributed by atoms with van der Waals surface area (Å²) in [6.07, 6.45) is 9.95. The molecule has 4 fully saturated rings. The minimum Gasteiger partial charge on any atom is -0.393 e. The van der Waals surface area contributed by atoms with Gasteiger partial charge in [0.05, 0.1) is 12.2 Å². The molecule has 7 heteroatoms. The molecule has 4 saturated carbocycles. The van der Waals surface area contributed by atoms with Crippen molar-refractivity contribution < 1.29 is 22.3 Å². The Morgan fingerprint density at radius 3 is 2.26 bits per heavy atom. The molecule has 0 aliphatic heterocycles. The molecular formula is C27H49NO5S. The van der Waals surface area contributed by atoms with Gasteiger partial charge >= 0.3 is 10.4 Å². The van der Waals surface area contributed by atoms with Crippen LogP contribution >= 0.6 is 0 Å². The van der Waals surface area contributed by atoms with Crippen LogP contribution in [0.1, 0.15) is 98.8 Å². The summed E-state index contributed by atoms with van der Waals surface area (Å²) in [6.45, 7) is 11.2. The van der Waals surface area contributed by atoms with E-state index in [1.54, 1.807) is 0 Å². The summed E-state index contributed by atoms with van der Waals surface area (Å²) in [5.74, 6) is 3.18. The van der Waals surface area contributed by atoms with Crippen LogP contribution in [0.2, 0.25) is 0 Å². The van der Waals surface area contributed by atoms with Gasteiger partial charge in [-0.05, 0) is 116 Å². The maximum Gasteiger partial charge on any atom is 0.397 e. The average Bonchev–Trinajstić information content (AvgIpc) is 3.08. The molecule has 4 aliphatic rings. The average molecular weight is 500 g/mol. The van der Waals surface area contributed by atoms with Crippen molar-refractivity contribution in [2.75, 3.05) is 0 Å². The highest BCUT2D eigenvalue weighted by Gasteiger charge is 2.62. The van der Waals surface area contributed by atoms with Crippen molar-refractivity contribution in [2.45, 2.75) is 117 Å². The lowest BCUT2D eigenvalue weighted by Gasteiger charge is -2.62. The fraction of sp³-hybridized carbons (Fsp3) is 1.00. The normalized spacial score (nSPS) is 46.4. The van der Waals surface area contributed by atoms with E-state index in [4.69, 9.17) is 9.92 Å². The van der Waals surface area contributed by atoms with Gasteiger partial charge in [-0.3, -0.25) is 4.55 Å². The maximum atomic E-state index is 11.4. The first-order valence-electron chi connectivity index (χ1n) is 13.9. The summed E-state index contributed by atoms with van der Waals surface area (Å²) in [4.78, 5) is 0. The van der Waals surface area contributed by atoms with Crippen molar-refractivity contribution in [2.24, 2.45) is 58.0 Å². The Balaban J connectivity index is 1.47. The van der Waals surface area contributed by atoms with Crippen LogP contribution in [0, 0.1) is 52.3 Å². The van der Waals surface area contributed by atoms with Gasteiger partial charge in [-0.2, -0.15) is 8.42 Å². The van der Waals surface area contributed by atoms with Crippen molar-refractivity contribution in [3.05, 3.63) is 0 Å². The highest BCUT2D eigenvalue weighted by Crippen LogP contribution is 2.68. The van der Waals surface area contributed by atoms with Gasteiger partial charge in [-0.1, -0.05) is 34.6 Å². The Bertz CT molecular complexity index is 833. The van der Waals surface area contributed by atoms with Gasteiger partial charge in [-0.25, -0.2) is 4.18 Å². The zero-order chi connectivity index (χ0) is 25.1. The summed E-state index contributed by atoms with van der Waals surface area (Å²) in [5, 5.41) is 11.4. The van der Waals surface area contributed by atoms with Gasteiger partial charge in [-0.15, -0.1) is 0 Å². The molecule has 0 aromatic carbocycles. The van der Waals surface area contributed by atoms with Gasteiger partial charge in [0, 0.05) is 6.04 Å². The molecule has 0 saturated heterocycles. The van der Waals surface area contributed by atoms with E-state index in [9.17, 15) is 18.1 Å². The summed E-state index contributed by atoms with van der Waals surface area (Å²) in [5.41, 5.74) is 6.89. The standard InChI is InChI=1S/C27H49NO5S/c1-16(2)24(33-34(30,31)32)9-6-17(3)20-7-8-21-25-22(11-13-27(20,21)5)26(4)12-10-19(28)14-18(26)15-23(25)29/h16-25,29H,6-15,28H2,1-5H3,(H,30,31,32)/t17?,18-,19+,20-,21?,22?,23-,24-,25?,26+,27-/m1/s1. The maximum absolute atomic E-state index is 11.4. The predicted molar refractivity (Wildman–Crippen MR) is 134 cm³/mol. The molecule has 198 valence electrons. The van der Waals surface area contributed by atoms with Crippen LogP contribution in [0.15, 0.2) is 0 Å². The Hall–Kier alpha value is -0.210. The Morgan fingerprint density at radius 1 is 0.971 bits per heavy atom. The molecule has 0 spiro atoms. The molecule has 4 N–H and O–H groups in total. The predicted octanol–water partition coefficient (Wildman–Crippen LogP) is 5.20. The fourth-order valence-electron chi connectivity index (χ4n) is 9.51. The first-order valence-corrected chi connectivity index (χ1v) is 15.2. The summed E-state index contributed by atoms with van der Waals surface area (Å²) in [6, 6.07) is 0.298. The number of fused-ring (bicyclic) bond motifs is 5. The lowest BCUT2D eigenvalue weighted by atomic mass is 9.43. The molecule has 0 amide bonds. The second-order valence-electron chi connectivity index (χ2n) is 13.4. The van der Waals surface area contributed by atoms with Crippen molar-refractivity contribution in [1.82, 2.24) is 0 Å². The third-order valence-electron chi connectivity index (χ3n) is 11.4. The molecule has 4 aliphatic carbocycles. The lowest BCUT2D eigenvalue weighted by Crippen LogP contribution is -2.59. The second kappa shape index (κ2) is 9.59. The van der Waals surface area contributed by atoms with Crippen molar-refractivity contribution >= 4 is 10.4 Å². The van der Waals surface area contributed by atoms with Gasteiger partial charge in [0.15, 0.2) is 0 Å². The summed E-state index contributed by atoms with van der Waals surface area (Å²) < 4.78 is 36.8.